The second-order valence-corrected chi connectivity index (χ2v) is 8.97. The Hall–Kier alpha value is -1.06. The minimum atomic E-state index is -2.53. The van der Waals surface area contributed by atoms with Crippen molar-refractivity contribution >= 4 is 0 Å². The van der Waals surface area contributed by atoms with Gasteiger partial charge in [-0.3, -0.25) is 0 Å². The molecular weight excluding hydrogens is 376 g/mol. The van der Waals surface area contributed by atoms with Crippen LogP contribution >= 0.6 is 0 Å². The number of unbranched alkanes of at least 4 members (excludes halogenated alkanes) is 3. The SMILES string of the molecule is CCCCCc1ccc(C2CCC(CCCC(F)(F)CCCC)CC2)c(F)c1F. The van der Waals surface area contributed by atoms with Crippen LogP contribution in [-0.2, 0) is 6.42 Å². The van der Waals surface area contributed by atoms with Crippen LogP contribution in [0.2, 0.25) is 0 Å². The Morgan fingerprint density at radius 3 is 2.14 bits per heavy atom. The molecule has 1 saturated carbocycles. The zero-order valence-corrected chi connectivity index (χ0v) is 18.2. The smallest absolute Gasteiger partial charge is 0.207 e. The number of alkyl halides is 2. The van der Waals surface area contributed by atoms with Crippen LogP contribution < -0.4 is 0 Å². The molecule has 1 aromatic carbocycles. The number of aryl methyl sites for hydroxylation is 1. The highest BCUT2D eigenvalue weighted by Crippen LogP contribution is 2.40. The molecule has 0 spiro atoms. The van der Waals surface area contributed by atoms with E-state index < -0.39 is 17.6 Å². The molecule has 0 aliphatic heterocycles. The van der Waals surface area contributed by atoms with Crippen molar-refractivity contribution < 1.29 is 17.6 Å². The van der Waals surface area contributed by atoms with Crippen molar-refractivity contribution in [1.82, 2.24) is 0 Å². The molecule has 1 fully saturated rings. The summed E-state index contributed by atoms with van der Waals surface area (Å²) in [6.07, 6.45) is 9.78. The third-order valence-electron chi connectivity index (χ3n) is 6.58. The highest BCUT2D eigenvalue weighted by molar-refractivity contribution is 5.29. The van der Waals surface area contributed by atoms with E-state index in [2.05, 4.69) is 6.92 Å². The lowest BCUT2D eigenvalue weighted by molar-refractivity contribution is -0.0213. The second kappa shape index (κ2) is 12.0. The van der Waals surface area contributed by atoms with Gasteiger partial charge in [-0.25, -0.2) is 17.6 Å². The van der Waals surface area contributed by atoms with Gasteiger partial charge in [0.25, 0.3) is 0 Å². The van der Waals surface area contributed by atoms with Gasteiger partial charge in [0.1, 0.15) is 0 Å². The quantitative estimate of drug-likeness (QED) is 0.236. The minimum Gasteiger partial charge on any atom is -0.207 e. The highest BCUT2D eigenvalue weighted by atomic mass is 19.3. The van der Waals surface area contributed by atoms with Gasteiger partial charge in [0, 0.05) is 12.8 Å². The summed E-state index contributed by atoms with van der Waals surface area (Å²) in [7, 11) is 0. The fourth-order valence-electron chi connectivity index (χ4n) is 4.65. The molecule has 1 aliphatic rings. The first-order chi connectivity index (χ1) is 13.9. The van der Waals surface area contributed by atoms with Gasteiger partial charge in [0.05, 0.1) is 0 Å². The Morgan fingerprint density at radius 2 is 1.48 bits per heavy atom. The lowest BCUT2D eigenvalue weighted by atomic mass is 9.76. The van der Waals surface area contributed by atoms with Crippen LogP contribution in [-0.4, -0.2) is 5.92 Å². The van der Waals surface area contributed by atoms with Gasteiger partial charge in [0.2, 0.25) is 5.92 Å². The topological polar surface area (TPSA) is 0 Å². The minimum absolute atomic E-state index is 0.00444. The van der Waals surface area contributed by atoms with Crippen molar-refractivity contribution in [2.75, 3.05) is 0 Å². The van der Waals surface area contributed by atoms with Crippen LogP contribution in [0.1, 0.15) is 114 Å². The summed E-state index contributed by atoms with van der Waals surface area (Å²) in [5.74, 6) is -3.38. The molecule has 29 heavy (non-hydrogen) atoms. The van der Waals surface area contributed by atoms with E-state index in [4.69, 9.17) is 0 Å². The summed E-state index contributed by atoms with van der Waals surface area (Å²) in [6.45, 7) is 4.03. The molecule has 0 N–H and O–H groups in total. The molecule has 1 aliphatic carbocycles. The fourth-order valence-corrected chi connectivity index (χ4v) is 4.65. The standard InChI is InChI=1S/C25H38F4/c1-3-5-7-10-21-15-16-22(24(27)23(21)26)20-13-11-19(12-14-20)9-8-18-25(28,29)17-6-4-2/h15-16,19-20H,3-14,17-18H2,1-2H3. The predicted octanol–water partition coefficient (Wildman–Crippen LogP) is 8.97. The van der Waals surface area contributed by atoms with Crippen molar-refractivity contribution in [1.29, 1.82) is 0 Å². The molecule has 0 bridgehead atoms. The predicted molar refractivity (Wildman–Crippen MR) is 113 cm³/mol. The van der Waals surface area contributed by atoms with Crippen molar-refractivity contribution in [3.05, 3.63) is 34.9 Å². The molecule has 2 rings (SSSR count). The molecule has 0 atom stereocenters. The lowest BCUT2D eigenvalue weighted by Crippen LogP contribution is -2.18. The van der Waals surface area contributed by atoms with Gasteiger partial charge in [-0.05, 0) is 74.3 Å². The highest BCUT2D eigenvalue weighted by Gasteiger charge is 2.29. The number of halogens is 4. The summed E-state index contributed by atoms with van der Waals surface area (Å²) in [5, 5.41) is 0. The van der Waals surface area contributed by atoms with Gasteiger partial charge in [-0.1, -0.05) is 51.7 Å². The Labute approximate surface area is 174 Å². The number of hydrogen-bond donors (Lipinski definition) is 0. The zero-order valence-electron chi connectivity index (χ0n) is 18.2. The van der Waals surface area contributed by atoms with Gasteiger partial charge in [-0.2, -0.15) is 0 Å². The fraction of sp³-hybridized carbons (Fsp3) is 0.760. The summed E-state index contributed by atoms with van der Waals surface area (Å²) in [5.41, 5.74) is 0.990. The normalized spacial score (nSPS) is 20.2. The molecule has 0 aromatic heterocycles. The van der Waals surface area contributed by atoms with E-state index >= 15 is 0 Å². The Balaban J connectivity index is 1.81. The first-order valence-electron chi connectivity index (χ1n) is 11.7. The molecule has 1 aromatic rings. The first-order valence-corrected chi connectivity index (χ1v) is 11.7. The van der Waals surface area contributed by atoms with Crippen LogP contribution in [0.5, 0.6) is 0 Å². The average molecular weight is 415 g/mol. The molecular formula is C25H38F4. The summed E-state index contributed by atoms with van der Waals surface area (Å²) in [4.78, 5) is 0. The Morgan fingerprint density at radius 1 is 0.828 bits per heavy atom. The van der Waals surface area contributed by atoms with Gasteiger partial charge >= 0.3 is 0 Å². The van der Waals surface area contributed by atoms with E-state index in [0.29, 0.717) is 36.3 Å². The lowest BCUT2D eigenvalue weighted by Gasteiger charge is -2.29. The van der Waals surface area contributed by atoms with Gasteiger partial charge in [0.15, 0.2) is 11.6 Å². The molecule has 0 saturated heterocycles. The van der Waals surface area contributed by atoms with Crippen LogP contribution in [0.15, 0.2) is 12.1 Å². The van der Waals surface area contributed by atoms with Gasteiger partial charge < -0.3 is 0 Å². The average Bonchev–Trinajstić information content (AvgIpc) is 2.70. The van der Waals surface area contributed by atoms with Crippen LogP contribution in [0, 0.1) is 17.6 Å². The Kier molecular flexibility index (Phi) is 9.98. The van der Waals surface area contributed by atoms with Crippen LogP contribution in [0.3, 0.4) is 0 Å². The summed E-state index contributed by atoms with van der Waals surface area (Å²) >= 11 is 0. The monoisotopic (exact) mass is 414 g/mol. The molecule has 4 heteroatoms. The Bertz CT molecular complexity index is 603. The zero-order chi connectivity index (χ0) is 21.3. The van der Waals surface area contributed by atoms with E-state index in [1.807, 2.05) is 6.92 Å². The van der Waals surface area contributed by atoms with Crippen molar-refractivity contribution in [3.63, 3.8) is 0 Å². The number of benzene rings is 1. The second-order valence-electron chi connectivity index (χ2n) is 8.97. The number of rotatable bonds is 12. The van der Waals surface area contributed by atoms with E-state index in [0.717, 1.165) is 57.8 Å². The molecule has 0 unspecified atom stereocenters. The molecule has 0 radical (unpaired) electrons. The first kappa shape index (κ1) is 24.2. The maximum absolute atomic E-state index is 14.6. The summed E-state index contributed by atoms with van der Waals surface area (Å²) in [6, 6.07) is 3.53. The van der Waals surface area contributed by atoms with Crippen LogP contribution in [0.4, 0.5) is 17.6 Å². The van der Waals surface area contributed by atoms with E-state index in [-0.39, 0.29) is 18.8 Å². The molecule has 0 heterocycles. The van der Waals surface area contributed by atoms with Gasteiger partial charge in [-0.15, -0.1) is 0 Å². The van der Waals surface area contributed by atoms with E-state index in [9.17, 15) is 17.6 Å². The maximum Gasteiger partial charge on any atom is 0.248 e. The van der Waals surface area contributed by atoms with Crippen molar-refractivity contribution in [3.8, 4) is 0 Å². The van der Waals surface area contributed by atoms with Crippen LogP contribution in [0.25, 0.3) is 0 Å². The third-order valence-corrected chi connectivity index (χ3v) is 6.58. The largest absolute Gasteiger partial charge is 0.248 e. The number of hydrogen-bond acceptors (Lipinski definition) is 0. The molecule has 0 amide bonds. The third kappa shape index (κ3) is 7.61. The molecule has 0 nitrogen and oxygen atoms in total. The van der Waals surface area contributed by atoms with Crippen molar-refractivity contribution in [2.45, 2.75) is 116 Å². The summed E-state index contributed by atoms with van der Waals surface area (Å²) < 4.78 is 56.6. The van der Waals surface area contributed by atoms with Crippen molar-refractivity contribution in [2.24, 2.45) is 5.92 Å². The maximum atomic E-state index is 14.6. The van der Waals surface area contributed by atoms with E-state index in [1.54, 1.807) is 12.1 Å². The van der Waals surface area contributed by atoms with E-state index in [1.165, 1.54) is 0 Å². The molecule has 166 valence electrons.